The largest absolute Gasteiger partial charge is 0.492 e. The Hall–Kier alpha value is -14.8. The molecular formula is C102H66BBrN8O4. The van der Waals surface area contributed by atoms with E-state index < -0.39 is 7.12 Å². The Labute approximate surface area is 675 Å². The minimum absolute atomic E-state index is 0.367. The van der Waals surface area contributed by atoms with Gasteiger partial charge in [-0.25, -0.2) is 29.9 Å². The van der Waals surface area contributed by atoms with Gasteiger partial charge in [0.1, 0.15) is 22.3 Å². The van der Waals surface area contributed by atoms with E-state index >= 15 is 0 Å². The van der Waals surface area contributed by atoms with Gasteiger partial charge in [-0.15, -0.1) is 0 Å². The van der Waals surface area contributed by atoms with Crippen molar-refractivity contribution in [1.82, 2.24) is 39.0 Å². The third kappa shape index (κ3) is 13.2. The fraction of sp³-hybridized carbons (Fsp3) is 0. The first kappa shape index (κ1) is 70.3. The van der Waals surface area contributed by atoms with Crippen molar-refractivity contribution >= 4 is 116 Å². The van der Waals surface area contributed by atoms with E-state index in [9.17, 15) is 10.0 Å². The summed E-state index contributed by atoms with van der Waals surface area (Å²) in [4.78, 5) is 28.9. The Bertz CT molecular complexity index is 7330. The van der Waals surface area contributed by atoms with Gasteiger partial charge >= 0.3 is 7.12 Å². The van der Waals surface area contributed by atoms with Gasteiger partial charge in [0.15, 0.2) is 34.9 Å². The van der Waals surface area contributed by atoms with Crippen LogP contribution in [0.15, 0.2) is 402 Å². The molecule has 0 aliphatic carbocycles. The molecule has 0 unspecified atom stereocenters. The Morgan fingerprint density at radius 3 is 0.905 bits per heavy atom. The van der Waals surface area contributed by atoms with Crippen LogP contribution in [-0.4, -0.2) is 56.2 Å². The van der Waals surface area contributed by atoms with Gasteiger partial charge in [-0.1, -0.05) is 325 Å². The second kappa shape index (κ2) is 30.4. The van der Waals surface area contributed by atoms with E-state index in [0.717, 1.165) is 132 Å². The van der Waals surface area contributed by atoms with Crippen molar-refractivity contribution in [1.29, 1.82) is 0 Å². The molecule has 116 heavy (non-hydrogen) atoms. The van der Waals surface area contributed by atoms with Gasteiger partial charge in [0.05, 0.1) is 22.1 Å². The molecule has 0 saturated carbocycles. The average Bonchev–Trinajstić information content (AvgIpc) is 1.59. The van der Waals surface area contributed by atoms with Crippen LogP contribution in [0.2, 0.25) is 0 Å². The normalized spacial score (nSPS) is 11.4. The Morgan fingerprint density at radius 2 is 0.509 bits per heavy atom. The maximum absolute atomic E-state index is 9.84. The fourth-order valence-electron chi connectivity index (χ4n) is 15.9. The molecule has 0 atom stereocenters. The number of hydrogen-bond donors (Lipinski definition) is 2. The summed E-state index contributed by atoms with van der Waals surface area (Å²) in [5, 5.41) is 28.4. The number of nitrogens with zero attached hydrogens (tertiary/aromatic N) is 8. The Morgan fingerprint density at radius 1 is 0.224 bits per heavy atom. The van der Waals surface area contributed by atoms with Crippen LogP contribution in [0, 0.1) is 0 Å². The second-order valence-electron chi connectivity index (χ2n) is 28.4. The Kier molecular flexibility index (Phi) is 18.4. The monoisotopic (exact) mass is 1560 g/mol. The van der Waals surface area contributed by atoms with Gasteiger partial charge in [0.25, 0.3) is 0 Å². The molecule has 12 nitrogen and oxygen atoms in total. The molecule has 0 saturated heterocycles. The number of para-hydroxylation sites is 8. The van der Waals surface area contributed by atoms with Crippen LogP contribution in [0.3, 0.4) is 0 Å². The van der Waals surface area contributed by atoms with E-state index in [4.69, 9.17) is 33.8 Å². The number of furan rings is 2. The highest BCUT2D eigenvalue weighted by atomic mass is 79.9. The van der Waals surface area contributed by atoms with Crippen LogP contribution >= 0.6 is 15.9 Å². The molecule has 22 aromatic rings. The molecular weight excluding hydrogens is 1490 g/mol. The zero-order valence-electron chi connectivity index (χ0n) is 62.2. The topological polar surface area (TPSA) is 154 Å². The fourth-order valence-corrected chi connectivity index (χ4v) is 16.3. The highest BCUT2D eigenvalue weighted by Gasteiger charge is 2.24. The highest BCUT2D eigenvalue weighted by molar-refractivity contribution is 9.10. The average molecular weight is 1560 g/mol. The smallest absolute Gasteiger partial charge is 0.456 e. The van der Waals surface area contributed by atoms with Crippen LogP contribution in [0.5, 0.6) is 0 Å². The first-order valence-electron chi connectivity index (χ1n) is 38.3. The lowest BCUT2D eigenvalue weighted by Gasteiger charge is -2.10. The van der Waals surface area contributed by atoms with E-state index in [1.165, 1.54) is 32.6 Å². The number of rotatable bonds is 12. The number of hydrogen-bond acceptors (Lipinski definition) is 10. The van der Waals surface area contributed by atoms with Gasteiger partial charge < -0.3 is 28.0 Å². The molecule has 6 aromatic heterocycles. The number of aromatic nitrogens is 8. The van der Waals surface area contributed by atoms with Gasteiger partial charge in [-0.05, 0) is 95.6 Å². The Balaban J connectivity index is 0.000000123. The van der Waals surface area contributed by atoms with Crippen LogP contribution in [0.4, 0.5) is 0 Å². The van der Waals surface area contributed by atoms with Crippen LogP contribution in [0.1, 0.15) is 0 Å². The SMILES string of the molecule is Brc1cccc(-c2nc(-c3ccccc3)nc(-c3ccccc3)n2)c1.OB(O)c1cccc2c1oc1c(-c3ccc4c(c3)c3ccccc3n4-c3ccccc3)cccc12.c1ccc(-c2nc(-c3ccccc3)nc(-c3cccc(-c4cccc5c4oc4c(-c6ccc7c(c6)c6ccccc6n7-c6ccccc6)cccc45)c3)n2)cc1. The predicted molar refractivity (Wildman–Crippen MR) is 476 cm³/mol. The molecule has 548 valence electrons. The minimum Gasteiger partial charge on any atom is -0.456 e. The first-order valence-corrected chi connectivity index (χ1v) is 39.1. The lowest BCUT2D eigenvalue weighted by Crippen LogP contribution is -2.29. The summed E-state index contributed by atoms with van der Waals surface area (Å²) in [6.07, 6.45) is 0. The number of halogens is 1. The maximum Gasteiger partial charge on any atom is 0.492 e. The lowest BCUT2D eigenvalue weighted by molar-refractivity contribution is 0.425. The first-order chi connectivity index (χ1) is 57.3. The molecule has 16 aromatic carbocycles. The van der Waals surface area contributed by atoms with Crippen molar-refractivity contribution in [3.8, 4) is 113 Å². The lowest BCUT2D eigenvalue weighted by atomic mass is 9.79. The highest BCUT2D eigenvalue weighted by Crippen LogP contribution is 2.44. The summed E-state index contributed by atoms with van der Waals surface area (Å²) >= 11 is 3.52. The second-order valence-corrected chi connectivity index (χ2v) is 29.3. The van der Waals surface area contributed by atoms with Crippen molar-refractivity contribution in [2.75, 3.05) is 0 Å². The predicted octanol–water partition coefficient (Wildman–Crippen LogP) is 24.9. The molecule has 0 bridgehead atoms. The molecule has 0 fully saturated rings. The number of fused-ring (bicyclic) bond motifs is 12. The molecule has 0 radical (unpaired) electrons. The van der Waals surface area contributed by atoms with Crippen LogP contribution < -0.4 is 5.46 Å². The van der Waals surface area contributed by atoms with Gasteiger partial charge in [0.2, 0.25) is 0 Å². The van der Waals surface area contributed by atoms with Crippen molar-refractivity contribution in [3.05, 3.63) is 393 Å². The van der Waals surface area contributed by atoms with E-state index in [2.05, 4.69) is 236 Å². The third-order valence-corrected chi connectivity index (χ3v) is 21.8. The van der Waals surface area contributed by atoms with Crippen molar-refractivity contribution < 1.29 is 18.9 Å². The van der Waals surface area contributed by atoms with Crippen molar-refractivity contribution in [2.45, 2.75) is 0 Å². The number of benzene rings is 16. The molecule has 0 aliphatic rings. The molecule has 22 rings (SSSR count). The summed E-state index contributed by atoms with van der Waals surface area (Å²) in [7, 11) is -1.59. The quantitative estimate of drug-likeness (QED) is 0.113. The molecule has 14 heteroatoms. The molecule has 0 amide bonds. The van der Waals surface area contributed by atoms with Gasteiger partial charge in [-0.2, -0.15) is 0 Å². The molecule has 2 N–H and O–H groups in total. The summed E-state index contributed by atoms with van der Waals surface area (Å²) in [6.45, 7) is 0. The standard InChI is InChI=1S/C51H32N4O.C30H20BNO3.C21H14BrN3/c1-4-15-33(16-5-1)49-52-50(34-17-6-2-7-18-34)54-51(53-49)37-20-12-19-35(31-37)39-24-13-26-42-43-27-14-25-40(48(43)56-47(39)42)36-29-30-46-44(32-36)41-23-10-11-28-45(41)55(46)38-21-8-3-9-22-38;33-31(34)26-14-7-13-24-23-12-6-11-21(29(23)35-30(24)26)19-16-17-28-25(18-19)22-10-4-5-15-27(22)32(28)20-8-2-1-3-9-20;22-18-13-7-12-17(14-18)21-24-19(15-8-3-1-4-9-15)23-20(25-21)16-10-5-2-6-11-16/h1-32H;1-18,33-34H;1-14H. The van der Waals surface area contributed by atoms with Crippen LogP contribution in [0.25, 0.3) is 201 Å². The van der Waals surface area contributed by atoms with E-state index in [0.29, 0.717) is 46.0 Å². The summed E-state index contributed by atoms with van der Waals surface area (Å²) in [5.74, 6) is 3.88. The summed E-state index contributed by atoms with van der Waals surface area (Å²) < 4.78 is 18.9. The van der Waals surface area contributed by atoms with Crippen molar-refractivity contribution in [2.24, 2.45) is 0 Å². The summed E-state index contributed by atoms with van der Waals surface area (Å²) in [6, 6.07) is 132. The molecule has 6 heterocycles. The molecule has 0 spiro atoms. The van der Waals surface area contributed by atoms with E-state index in [1.54, 1.807) is 6.07 Å². The van der Waals surface area contributed by atoms with Gasteiger partial charge in [-0.3, -0.25) is 0 Å². The molecule has 0 aliphatic heterocycles. The van der Waals surface area contributed by atoms with Crippen LogP contribution in [-0.2, 0) is 0 Å². The summed E-state index contributed by atoms with van der Waals surface area (Å²) in [5.41, 5.74) is 22.1. The third-order valence-electron chi connectivity index (χ3n) is 21.3. The van der Waals surface area contributed by atoms with Crippen molar-refractivity contribution in [3.63, 3.8) is 0 Å². The van der Waals surface area contributed by atoms with E-state index in [-0.39, 0.29) is 0 Å². The zero-order chi connectivity index (χ0) is 77.6. The minimum atomic E-state index is -1.59. The maximum atomic E-state index is 9.84. The zero-order valence-corrected chi connectivity index (χ0v) is 63.8. The van der Waals surface area contributed by atoms with Gasteiger partial charge in [0, 0.05) is 114 Å². The van der Waals surface area contributed by atoms with E-state index in [1.807, 2.05) is 176 Å².